The summed E-state index contributed by atoms with van der Waals surface area (Å²) in [6.45, 7) is 1.10. The lowest BCUT2D eigenvalue weighted by Gasteiger charge is -2.34. The molecule has 0 saturated carbocycles. The van der Waals surface area contributed by atoms with Gasteiger partial charge in [-0.1, -0.05) is 6.07 Å². The Morgan fingerprint density at radius 1 is 1.48 bits per heavy atom. The molecular weight excluding hydrogens is 326 g/mol. The normalized spacial score (nSPS) is 17.2. The van der Waals surface area contributed by atoms with Crippen molar-refractivity contribution < 1.29 is 19.1 Å². The molecule has 2 aromatic rings. The zero-order chi connectivity index (χ0) is 17.6. The number of nitrogens with zero attached hydrogens (tertiary/aromatic N) is 3. The van der Waals surface area contributed by atoms with E-state index < -0.39 is 0 Å². The van der Waals surface area contributed by atoms with E-state index in [9.17, 15) is 9.59 Å². The second kappa shape index (κ2) is 7.75. The summed E-state index contributed by atoms with van der Waals surface area (Å²) in [6.07, 6.45) is 1.39. The van der Waals surface area contributed by atoms with Crippen LogP contribution in [0.15, 0.2) is 30.6 Å². The third kappa shape index (κ3) is 3.94. The van der Waals surface area contributed by atoms with Crippen molar-refractivity contribution in [2.24, 2.45) is 0 Å². The molecule has 1 aromatic carbocycles. The number of rotatable bonds is 5. The number of hydrogen-bond acceptors (Lipinski definition) is 6. The Balaban J connectivity index is 1.61. The Hall–Kier alpha value is -2.94. The summed E-state index contributed by atoms with van der Waals surface area (Å²) in [5.74, 6) is 0.599. The number of aromatic nitrogens is 3. The Labute approximate surface area is 144 Å². The largest absolute Gasteiger partial charge is 0.497 e. The van der Waals surface area contributed by atoms with E-state index in [4.69, 9.17) is 9.47 Å². The first-order valence-electron chi connectivity index (χ1n) is 7.84. The fourth-order valence-corrected chi connectivity index (χ4v) is 2.63. The van der Waals surface area contributed by atoms with Gasteiger partial charge in [-0.25, -0.2) is 4.98 Å². The molecule has 0 bridgehead atoms. The number of methoxy groups -OCH3 is 1. The summed E-state index contributed by atoms with van der Waals surface area (Å²) in [6, 6.07) is 6.41. The van der Waals surface area contributed by atoms with Gasteiger partial charge in [-0.2, -0.15) is 5.10 Å². The van der Waals surface area contributed by atoms with Gasteiger partial charge in [-0.3, -0.25) is 14.7 Å². The fourth-order valence-electron chi connectivity index (χ4n) is 2.63. The van der Waals surface area contributed by atoms with Crippen LogP contribution in [0.25, 0.3) is 0 Å². The molecule has 132 valence electrons. The van der Waals surface area contributed by atoms with Crippen LogP contribution in [-0.4, -0.2) is 65.3 Å². The number of amides is 2. The molecule has 0 spiro atoms. The van der Waals surface area contributed by atoms with Crippen LogP contribution in [-0.2, 0) is 9.53 Å². The number of morpholine rings is 1. The topological polar surface area (TPSA) is 109 Å². The van der Waals surface area contributed by atoms with Gasteiger partial charge in [0.05, 0.1) is 26.9 Å². The van der Waals surface area contributed by atoms with Crippen LogP contribution >= 0.6 is 0 Å². The van der Waals surface area contributed by atoms with Crippen molar-refractivity contribution in [1.29, 1.82) is 0 Å². The highest BCUT2D eigenvalue weighted by molar-refractivity contribution is 5.96. The van der Waals surface area contributed by atoms with Gasteiger partial charge < -0.3 is 19.7 Å². The highest BCUT2D eigenvalue weighted by Crippen LogP contribution is 2.20. The minimum absolute atomic E-state index is 0.110. The quantitative estimate of drug-likeness (QED) is 0.798. The molecule has 9 heteroatoms. The van der Waals surface area contributed by atoms with E-state index in [1.165, 1.54) is 13.4 Å². The predicted octanol–water partition coefficient (Wildman–Crippen LogP) is 0.143. The summed E-state index contributed by atoms with van der Waals surface area (Å²) >= 11 is 0. The van der Waals surface area contributed by atoms with Gasteiger partial charge in [-0.05, 0) is 18.2 Å². The molecule has 1 fully saturated rings. The lowest BCUT2D eigenvalue weighted by Crippen LogP contribution is -2.47. The van der Waals surface area contributed by atoms with Crippen molar-refractivity contribution >= 4 is 11.8 Å². The highest BCUT2D eigenvalue weighted by Gasteiger charge is 2.30. The molecular formula is C16H19N5O4. The zero-order valence-corrected chi connectivity index (χ0v) is 13.8. The maximum Gasteiger partial charge on any atom is 0.251 e. The van der Waals surface area contributed by atoms with Crippen LogP contribution < -0.4 is 10.1 Å². The lowest BCUT2D eigenvalue weighted by atomic mass is 10.2. The van der Waals surface area contributed by atoms with Gasteiger partial charge in [0.1, 0.15) is 23.9 Å². The van der Waals surface area contributed by atoms with Gasteiger partial charge in [-0.15, -0.1) is 0 Å². The first-order chi connectivity index (χ1) is 12.2. The summed E-state index contributed by atoms with van der Waals surface area (Å²) < 4.78 is 10.5. The van der Waals surface area contributed by atoms with Crippen molar-refractivity contribution in [2.75, 3.05) is 33.4 Å². The monoisotopic (exact) mass is 345 g/mol. The standard InChI is InChI=1S/C16H19N5O4/c1-24-12-4-2-3-11(7-12)16(23)17-8-14(22)21-5-6-25-9-13(21)15-18-10-19-20-15/h2-4,7,10,13H,5-6,8-9H2,1H3,(H,17,23)(H,18,19,20)/t13-/m0/s1. The fraction of sp³-hybridized carbons (Fsp3) is 0.375. The summed E-state index contributed by atoms with van der Waals surface area (Å²) in [4.78, 5) is 30.5. The maximum atomic E-state index is 12.5. The third-order valence-corrected chi connectivity index (χ3v) is 3.93. The molecule has 0 radical (unpaired) electrons. The number of ether oxygens (including phenoxy) is 2. The van der Waals surface area contributed by atoms with Gasteiger partial charge in [0.25, 0.3) is 5.91 Å². The van der Waals surface area contributed by atoms with E-state index in [0.29, 0.717) is 36.9 Å². The second-order valence-electron chi connectivity index (χ2n) is 5.46. The molecule has 1 atom stereocenters. The average molecular weight is 345 g/mol. The molecule has 2 heterocycles. The zero-order valence-electron chi connectivity index (χ0n) is 13.8. The van der Waals surface area contributed by atoms with Crippen molar-refractivity contribution in [2.45, 2.75) is 6.04 Å². The van der Waals surface area contributed by atoms with Crippen molar-refractivity contribution in [1.82, 2.24) is 25.4 Å². The Morgan fingerprint density at radius 2 is 2.36 bits per heavy atom. The highest BCUT2D eigenvalue weighted by atomic mass is 16.5. The minimum atomic E-state index is -0.336. The predicted molar refractivity (Wildman–Crippen MR) is 87.0 cm³/mol. The molecule has 2 amide bonds. The van der Waals surface area contributed by atoms with E-state index >= 15 is 0 Å². The van der Waals surface area contributed by atoms with E-state index in [-0.39, 0.29) is 24.4 Å². The van der Waals surface area contributed by atoms with Gasteiger partial charge >= 0.3 is 0 Å². The summed E-state index contributed by atoms with van der Waals surface area (Å²) in [7, 11) is 1.53. The SMILES string of the molecule is COc1cccc(C(=O)NCC(=O)N2CCOC[C@H]2c2ncn[nH]2)c1. The van der Waals surface area contributed by atoms with Crippen molar-refractivity contribution in [3.8, 4) is 5.75 Å². The number of aromatic amines is 1. The number of nitrogens with one attached hydrogen (secondary N) is 2. The molecule has 1 aliphatic heterocycles. The first kappa shape index (κ1) is 16.9. The van der Waals surface area contributed by atoms with E-state index in [1.807, 2.05) is 0 Å². The van der Waals surface area contributed by atoms with Crippen LogP contribution in [0.1, 0.15) is 22.2 Å². The molecule has 1 saturated heterocycles. The van der Waals surface area contributed by atoms with Gasteiger partial charge in [0.2, 0.25) is 5.91 Å². The van der Waals surface area contributed by atoms with Crippen LogP contribution in [0.5, 0.6) is 5.75 Å². The Morgan fingerprint density at radius 3 is 3.12 bits per heavy atom. The molecule has 25 heavy (non-hydrogen) atoms. The molecule has 3 rings (SSSR count). The number of H-pyrrole nitrogens is 1. The van der Waals surface area contributed by atoms with E-state index in [1.54, 1.807) is 29.2 Å². The van der Waals surface area contributed by atoms with Crippen LogP contribution in [0.3, 0.4) is 0 Å². The number of carbonyl (C=O) groups excluding carboxylic acids is 2. The van der Waals surface area contributed by atoms with Crippen LogP contribution in [0.4, 0.5) is 0 Å². The van der Waals surface area contributed by atoms with Gasteiger partial charge in [0.15, 0.2) is 0 Å². The third-order valence-electron chi connectivity index (χ3n) is 3.93. The van der Waals surface area contributed by atoms with Crippen molar-refractivity contribution in [3.63, 3.8) is 0 Å². The molecule has 2 N–H and O–H groups in total. The van der Waals surface area contributed by atoms with Crippen molar-refractivity contribution in [3.05, 3.63) is 42.0 Å². The van der Waals surface area contributed by atoms with Gasteiger partial charge in [0, 0.05) is 12.1 Å². The maximum absolute atomic E-state index is 12.5. The molecule has 0 aliphatic carbocycles. The Bertz CT molecular complexity index is 734. The summed E-state index contributed by atoms with van der Waals surface area (Å²) in [5, 5.41) is 9.21. The number of hydrogen-bond donors (Lipinski definition) is 2. The molecule has 1 aromatic heterocycles. The molecule has 9 nitrogen and oxygen atoms in total. The van der Waals surface area contributed by atoms with Crippen LogP contribution in [0, 0.1) is 0 Å². The minimum Gasteiger partial charge on any atom is -0.497 e. The summed E-state index contributed by atoms with van der Waals surface area (Å²) in [5.41, 5.74) is 0.431. The number of carbonyl (C=O) groups is 2. The molecule has 0 unspecified atom stereocenters. The molecule has 1 aliphatic rings. The lowest BCUT2D eigenvalue weighted by molar-refractivity contribution is -0.139. The number of benzene rings is 1. The van der Waals surface area contributed by atoms with E-state index in [0.717, 1.165) is 0 Å². The Kier molecular flexibility index (Phi) is 5.24. The second-order valence-corrected chi connectivity index (χ2v) is 5.46. The smallest absolute Gasteiger partial charge is 0.251 e. The van der Waals surface area contributed by atoms with E-state index in [2.05, 4.69) is 20.5 Å². The first-order valence-corrected chi connectivity index (χ1v) is 7.84. The van der Waals surface area contributed by atoms with Crippen LogP contribution in [0.2, 0.25) is 0 Å². The average Bonchev–Trinajstić information content (AvgIpc) is 3.20.